The van der Waals surface area contributed by atoms with Gasteiger partial charge in [0.2, 0.25) is 5.91 Å². The van der Waals surface area contributed by atoms with E-state index in [1.165, 1.54) is 6.92 Å². The molecule has 20 heavy (non-hydrogen) atoms. The first-order valence-corrected chi connectivity index (χ1v) is 6.68. The van der Waals surface area contributed by atoms with Crippen LogP contribution in [0.2, 0.25) is 0 Å². The Morgan fingerprint density at radius 3 is 2.90 bits per heavy atom. The zero-order valence-corrected chi connectivity index (χ0v) is 11.5. The van der Waals surface area contributed by atoms with Crippen LogP contribution in [-0.4, -0.2) is 25.6 Å². The van der Waals surface area contributed by atoms with E-state index in [2.05, 4.69) is 5.32 Å². The van der Waals surface area contributed by atoms with E-state index in [9.17, 15) is 9.59 Å². The number of methoxy groups -OCH3 is 1. The van der Waals surface area contributed by atoms with E-state index in [0.717, 1.165) is 11.3 Å². The van der Waals surface area contributed by atoms with Crippen molar-refractivity contribution in [3.05, 3.63) is 29.8 Å². The number of carbonyl (C=O) groups excluding carboxylic acids is 2. The number of para-hydroxylation sites is 1. The maximum absolute atomic E-state index is 12.2. The molecule has 3 rings (SSSR count). The van der Waals surface area contributed by atoms with Gasteiger partial charge in [-0.05, 0) is 12.5 Å². The molecule has 1 aromatic rings. The van der Waals surface area contributed by atoms with Crippen molar-refractivity contribution in [1.29, 1.82) is 0 Å². The minimum absolute atomic E-state index is 0.00796. The molecule has 1 heterocycles. The van der Waals surface area contributed by atoms with Gasteiger partial charge in [0.15, 0.2) is 0 Å². The molecule has 1 aromatic carbocycles. The number of benzene rings is 1. The first kappa shape index (κ1) is 13.1. The molecule has 5 heteroatoms. The lowest BCUT2D eigenvalue weighted by molar-refractivity contribution is -0.202. The van der Waals surface area contributed by atoms with Crippen LogP contribution >= 0.6 is 0 Å². The van der Waals surface area contributed by atoms with E-state index in [4.69, 9.17) is 9.47 Å². The van der Waals surface area contributed by atoms with Crippen molar-refractivity contribution in [2.24, 2.45) is 11.8 Å². The molecule has 0 radical (unpaired) electrons. The van der Waals surface area contributed by atoms with Gasteiger partial charge in [0.05, 0.1) is 12.5 Å². The van der Waals surface area contributed by atoms with Gasteiger partial charge in [-0.1, -0.05) is 18.2 Å². The summed E-state index contributed by atoms with van der Waals surface area (Å²) < 4.78 is 10.9. The van der Waals surface area contributed by atoms with Gasteiger partial charge in [0.25, 0.3) is 0 Å². The van der Waals surface area contributed by atoms with Crippen LogP contribution in [0.4, 0.5) is 5.69 Å². The van der Waals surface area contributed by atoms with Crippen molar-refractivity contribution < 1.29 is 19.1 Å². The van der Waals surface area contributed by atoms with Gasteiger partial charge >= 0.3 is 5.97 Å². The summed E-state index contributed by atoms with van der Waals surface area (Å²) in [6.45, 7) is 1.67. The standard InChI is InChI=1S/C15H17NO4/c1-9(17)20-8-10-7-12-14(18)16-13-6-4-3-5-11(13)15(10,12)19-2/h3-6,10,12H,7-8H2,1-2H3,(H,16,18)/t10-,12-,15-/m1/s1. The minimum Gasteiger partial charge on any atom is -0.465 e. The lowest BCUT2D eigenvalue weighted by Crippen LogP contribution is -2.62. The molecule has 1 aliphatic heterocycles. The number of ether oxygens (including phenoxy) is 2. The Bertz CT molecular complexity index is 571. The number of hydrogen-bond donors (Lipinski definition) is 1. The van der Waals surface area contributed by atoms with Crippen LogP contribution in [0, 0.1) is 11.8 Å². The van der Waals surface area contributed by atoms with Gasteiger partial charge in [-0.15, -0.1) is 0 Å². The molecule has 2 aliphatic rings. The molecule has 0 saturated heterocycles. The highest BCUT2D eigenvalue weighted by Gasteiger charge is 2.62. The maximum Gasteiger partial charge on any atom is 0.302 e. The largest absolute Gasteiger partial charge is 0.465 e. The molecule has 1 saturated carbocycles. The van der Waals surface area contributed by atoms with E-state index in [-0.39, 0.29) is 30.3 Å². The highest BCUT2D eigenvalue weighted by atomic mass is 16.5. The van der Waals surface area contributed by atoms with Crippen molar-refractivity contribution in [3.8, 4) is 0 Å². The predicted molar refractivity (Wildman–Crippen MR) is 72.0 cm³/mol. The van der Waals surface area contributed by atoms with Crippen molar-refractivity contribution in [3.63, 3.8) is 0 Å². The Morgan fingerprint density at radius 1 is 1.45 bits per heavy atom. The highest BCUT2D eigenvalue weighted by Crippen LogP contribution is 2.58. The van der Waals surface area contributed by atoms with Crippen molar-refractivity contribution in [2.45, 2.75) is 18.9 Å². The number of anilines is 1. The number of hydrogen-bond acceptors (Lipinski definition) is 4. The molecule has 0 aromatic heterocycles. The summed E-state index contributed by atoms with van der Waals surface area (Å²) in [6.07, 6.45) is 0.668. The lowest BCUT2D eigenvalue weighted by Gasteiger charge is -2.56. The van der Waals surface area contributed by atoms with Crippen molar-refractivity contribution >= 4 is 17.6 Å². The smallest absolute Gasteiger partial charge is 0.302 e. The monoisotopic (exact) mass is 275 g/mol. The van der Waals surface area contributed by atoms with Crippen LogP contribution < -0.4 is 5.32 Å². The second-order valence-electron chi connectivity index (χ2n) is 5.32. The first-order valence-electron chi connectivity index (χ1n) is 6.68. The molecular formula is C15H17NO4. The Kier molecular flexibility index (Phi) is 3.01. The maximum atomic E-state index is 12.2. The van der Waals surface area contributed by atoms with E-state index in [1.54, 1.807) is 7.11 Å². The van der Waals surface area contributed by atoms with Crippen LogP contribution in [0.15, 0.2) is 24.3 Å². The summed E-state index contributed by atoms with van der Waals surface area (Å²) >= 11 is 0. The van der Waals surface area contributed by atoms with Gasteiger partial charge in [-0.3, -0.25) is 9.59 Å². The van der Waals surface area contributed by atoms with Crippen molar-refractivity contribution in [1.82, 2.24) is 0 Å². The number of esters is 1. The Hall–Kier alpha value is -1.88. The number of amides is 1. The van der Waals surface area contributed by atoms with Crippen LogP contribution in [0.5, 0.6) is 0 Å². The topological polar surface area (TPSA) is 64.6 Å². The third kappa shape index (κ3) is 1.66. The molecule has 0 bridgehead atoms. The van der Waals surface area contributed by atoms with E-state index < -0.39 is 5.60 Å². The van der Waals surface area contributed by atoms with Gasteiger partial charge in [-0.25, -0.2) is 0 Å². The fourth-order valence-corrected chi connectivity index (χ4v) is 3.45. The summed E-state index contributed by atoms with van der Waals surface area (Å²) in [5.41, 5.74) is 1.08. The predicted octanol–water partition coefficient (Wildman–Crippen LogP) is 1.68. The van der Waals surface area contributed by atoms with Gasteiger partial charge in [-0.2, -0.15) is 0 Å². The van der Waals surface area contributed by atoms with E-state index in [0.29, 0.717) is 6.42 Å². The molecule has 3 atom stereocenters. The zero-order valence-electron chi connectivity index (χ0n) is 11.5. The fraction of sp³-hybridized carbons (Fsp3) is 0.467. The lowest BCUT2D eigenvalue weighted by atomic mass is 9.56. The third-order valence-corrected chi connectivity index (χ3v) is 4.39. The summed E-state index contributed by atoms with van der Waals surface area (Å²) in [6, 6.07) is 7.63. The molecule has 1 N–H and O–H groups in total. The Labute approximate surface area is 117 Å². The van der Waals surface area contributed by atoms with Crippen LogP contribution in [0.25, 0.3) is 0 Å². The molecule has 1 fully saturated rings. The average molecular weight is 275 g/mol. The molecule has 0 spiro atoms. The number of nitrogens with one attached hydrogen (secondary N) is 1. The SMILES string of the molecule is CO[C@]12c3ccccc3NC(=O)[C@H]1C[C@@H]2COC(C)=O. The molecule has 1 aliphatic carbocycles. The number of fused-ring (bicyclic) bond motifs is 3. The van der Waals surface area contributed by atoms with Gasteiger partial charge in [0.1, 0.15) is 5.60 Å². The second-order valence-corrected chi connectivity index (χ2v) is 5.32. The van der Waals surface area contributed by atoms with Crippen LogP contribution in [0.1, 0.15) is 18.9 Å². The molecule has 0 unspecified atom stereocenters. The number of rotatable bonds is 3. The Balaban J connectivity index is 1.98. The minimum atomic E-state index is -0.672. The highest BCUT2D eigenvalue weighted by molar-refractivity contribution is 5.98. The zero-order chi connectivity index (χ0) is 14.3. The van der Waals surface area contributed by atoms with Crippen molar-refractivity contribution in [2.75, 3.05) is 19.0 Å². The summed E-state index contributed by atoms with van der Waals surface area (Å²) in [7, 11) is 1.61. The third-order valence-electron chi connectivity index (χ3n) is 4.39. The first-order chi connectivity index (χ1) is 9.59. The quantitative estimate of drug-likeness (QED) is 0.852. The van der Waals surface area contributed by atoms with E-state index in [1.807, 2.05) is 24.3 Å². The molecular weight excluding hydrogens is 258 g/mol. The summed E-state index contributed by atoms with van der Waals surface area (Å²) in [5, 5.41) is 2.91. The normalized spacial score (nSPS) is 30.6. The molecule has 106 valence electrons. The molecule has 5 nitrogen and oxygen atoms in total. The Morgan fingerprint density at radius 2 is 2.20 bits per heavy atom. The summed E-state index contributed by atoms with van der Waals surface area (Å²) in [5.74, 6) is -0.547. The average Bonchev–Trinajstić information content (AvgIpc) is 2.39. The summed E-state index contributed by atoms with van der Waals surface area (Å²) in [4.78, 5) is 23.2. The molecule has 1 amide bonds. The van der Waals surface area contributed by atoms with Gasteiger partial charge in [0, 0.05) is 31.2 Å². The van der Waals surface area contributed by atoms with Crippen LogP contribution in [-0.2, 0) is 24.7 Å². The van der Waals surface area contributed by atoms with E-state index >= 15 is 0 Å². The number of carbonyl (C=O) groups is 2. The second kappa shape index (κ2) is 4.59. The van der Waals surface area contributed by atoms with Crippen LogP contribution in [0.3, 0.4) is 0 Å². The fourth-order valence-electron chi connectivity index (χ4n) is 3.45. The van der Waals surface area contributed by atoms with Gasteiger partial charge < -0.3 is 14.8 Å².